The summed E-state index contributed by atoms with van der Waals surface area (Å²) < 4.78 is 5.37. The van der Waals surface area contributed by atoms with Crippen LogP contribution in [0.15, 0.2) is 48.5 Å². The number of ether oxygens (including phenoxy) is 1. The lowest BCUT2D eigenvalue weighted by atomic mass is 10.0. The van der Waals surface area contributed by atoms with Gasteiger partial charge >= 0.3 is 0 Å². The van der Waals surface area contributed by atoms with Gasteiger partial charge in [-0.25, -0.2) is 0 Å². The molecule has 172 valence electrons. The maximum absolute atomic E-state index is 13.7. The molecule has 5 heteroatoms. The summed E-state index contributed by atoms with van der Waals surface area (Å²) in [5.74, 6) is 0.775. The number of amides is 1. The highest BCUT2D eigenvalue weighted by Gasteiger charge is 2.26. The monoisotopic (exact) mass is 435 g/mol. The number of hydrogen-bond acceptors (Lipinski definition) is 4. The molecule has 0 aliphatic carbocycles. The Bertz CT molecular complexity index is 892. The first-order chi connectivity index (χ1) is 15.7. The Hall–Kier alpha value is -2.37. The van der Waals surface area contributed by atoms with Gasteiger partial charge in [0.2, 0.25) is 0 Å². The Morgan fingerprint density at radius 2 is 1.66 bits per heavy atom. The molecular weight excluding hydrogens is 398 g/mol. The lowest BCUT2D eigenvalue weighted by molar-refractivity contribution is 0.0985. The first-order valence-corrected chi connectivity index (χ1v) is 12.1. The molecule has 5 nitrogen and oxygen atoms in total. The van der Waals surface area contributed by atoms with Crippen LogP contribution >= 0.6 is 0 Å². The van der Waals surface area contributed by atoms with Crippen molar-refractivity contribution in [2.75, 3.05) is 45.2 Å². The molecule has 0 bridgehead atoms. The molecule has 2 heterocycles. The summed E-state index contributed by atoms with van der Waals surface area (Å²) in [5.41, 5.74) is 2.99. The fourth-order valence-electron chi connectivity index (χ4n) is 5.06. The molecule has 1 fully saturated rings. The number of piperidine rings is 1. The van der Waals surface area contributed by atoms with Gasteiger partial charge in [0.25, 0.3) is 5.91 Å². The number of benzene rings is 2. The number of nitrogens with zero attached hydrogens (tertiary/aromatic N) is 3. The second-order valence-electron chi connectivity index (χ2n) is 9.24. The van der Waals surface area contributed by atoms with E-state index in [0.717, 1.165) is 43.9 Å². The molecule has 32 heavy (non-hydrogen) atoms. The van der Waals surface area contributed by atoms with Gasteiger partial charge in [-0.15, -0.1) is 0 Å². The number of rotatable bonds is 3. The van der Waals surface area contributed by atoms with Crippen molar-refractivity contribution in [1.82, 2.24) is 9.80 Å². The van der Waals surface area contributed by atoms with Crippen LogP contribution in [0, 0.1) is 0 Å². The molecule has 0 unspecified atom stereocenters. The third-order valence-corrected chi connectivity index (χ3v) is 7.00. The number of carbonyl (C=O) groups is 1. The second-order valence-corrected chi connectivity index (χ2v) is 9.24. The number of anilines is 1. The van der Waals surface area contributed by atoms with Gasteiger partial charge in [-0.3, -0.25) is 9.69 Å². The molecule has 0 N–H and O–H groups in total. The van der Waals surface area contributed by atoms with Crippen LogP contribution in [0.3, 0.4) is 0 Å². The van der Waals surface area contributed by atoms with E-state index in [2.05, 4.69) is 41.1 Å². The molecule has 1 amide bonds. The smallest absolute Gasteiger partial charge is 0.258 e. The molecule has 2 aliphatic heterocycles. The molecule has 1 saturated heterocycles. The van der Waals surface area contributed by atoms with E-state index in [4.69, 9.17) is 4.74 Å². The van der Waals surface area contributed by atoms with E-state index in [1.54, 1.807) is 7.11 Å². The third kappa shape index (κ3) is 5.51. The SMILES string of the molecule is COc1cccc(C(=O)N2CCCCCCN(C3CCN(C)CC3)Cc3ccccc32)c1. The molecule has 2 aromatic rings. The summed E-state index contributed by atoms with van der Waals surface area (Å²) in [6, 6.07) is 16.7. The number of para-hydroxylation sites is 1. The summed E-state index contributed by atoms with van der Waals surface area (Å²) in [6.07, 6.45) is 7.10. The molecule has 2 aromatic carbocycles. The van der Waals surface area contributed by atoms with E-state index in [1.807, 2.05) is 29.2 Å². The molecule has 4 rings (SSSR count). The summed E-state index contributed by atoms with van der Waals surface area (Å²) in [6.45, 7) is 5.15. The first kappa shape index (κ1) is 22.8. The number of methoxy groups -OCH3 is 1. The molecule has 0 saturated carbocycles. The van der Waals surface area contributed by atoms with Gasteiger partial charge in [0, 0.05) is 30.4 Å². The minimum absolute atomic E-state index is 0.0569. The van der Waals surface area contributed by atoms with Crippen LogP contribution in [-0.4, -0.2) is 62.1 Å². The predicted octanol–water partition coefficient (Wildman–Crippen LogP) is 4.81. The minimum Gasteiger partial charge on any atom is -0.497 e. The second kappa shape index (κ2) is 11.0. The van der Waals surface area contributed by atoms with Gasteiger partial charge in [-0.1, -0.05) is 37.1 Å². The van der Waals surface area contributed by atoms with Crippen molar-refractivity contribution < 1.29 is 9.53 Å². The van der Waals surface area contributed by atoms with E-state index < -0.39 is 0 Å². The van der Waals surface area contributed by atoms with Gasteiger partial charge in [0.1, 0.15) is 5.75 Å². The highest BCUT2D eigenvalue weighted by Crippen LogP contribution is 2.28. The Kier molecular flexibility index (Phi) is 7.82. The lowest BCUT2D eigenvalue weighted by Gasteiger charge is -2.38. The molecular formula is C27H37N3O2. The zero-order chi connectivity index (χ0) is 22.3. The summed E-state index contributed by atoms with van der Waals surface area (Å²) in [4.78, 5) is 20.8. The van der Waals surface area contributed by atoms with Crippen molar-refractivity contribution in [3.8, 4) is 5.75 Å². The van der Waals surface area contributed by atoms with Crippen LogP contribution in [0.1, 0.15) is 54.4 Å². The maximum atomic E-state index is 13.7. The molecule has 0 radical (unpaired) electrons. The third-order valence-electron chi connectivity index (χ3n) is 7.00. The molecule has 2 aliphatic rings. The van der Waals surface area contributed by atoms with Gasteiger partial charge < -0.3 is 14.5 Å². The van der Waals surface area contributed by atoms with Crippen LogP contribution in [0.2, 0.25) is 0 Å². The van der Waals surface area contributed by atoms with E-state index in [0.29, 0.717) is 11.6 Å². The van der Waals surface area contributed by atoms with Crippen molar-refractivity contribution in [2.24, 2.45) is 0 Å². The van der Waals surface area contributed by atoms with Gasteiger partial charge in [-0.2, -0.15) is 0 Å². The summed E-state index contributed by atoms with van der Waals surface area (Å²) in [5, 5.41) is 0. The van der Waals surface area contributed by atoms with Crippen LogP contribution in [0.4, 0.5) is 5.69 Å². The Morgan fingerprint density at radius 3 is 2.44 bits per heavy atom. The maximum Gasteiger partial charge on any atom is 0.258 e. The predicted molar refractivity (Wildman–Crippen MR) is 131 cm³/mol. The van der Waals surface area contributed by atoms with E-state index in [-0.39, 0.29) is 5.91 Å². The van der Waals surface area contributed by atoms with Gasteiger partial charge in [0.05, 0.1) is 7.11 Å². The average Bonchev–Trinajstić information content (AvgIpc) is 2.87. The fourth-order valence-corrected chi connectivity index (χ4v) is 5.06. The molecule has 0 spiro atoms. The fraction of sp³-hybridized carbons (Fsp3) is 0.519. The Morgan fingerprint density at radius 1 is 0.906 bits per heavy atom. The van der Waals surface area contributed by atoms with E-state index >= 15 is 0 Å². The number of carbonyl (C=O) groups excluding carboxylic acids is 1. The molecule has 0 aromatic heterocycles. The standard InChI is InChI=1S/C27H37N3O2/c1-28-18-14-24(15-19-28)29-16-7-3-4-8-17-30(26-13-6-5-10-23(26)21-29)27(31)22-11-9-12-25(20-22)32-2/h5-6,9-13,20,24H,3-4,7-8,14-19,21H2,1-2H3. The molecule has 0 atom stereocenters. The van der Waals surface area contributed by atoms with Gasteiger partial charge in [-0.05, 0) is 82.2 Å². The number of fused-ring (bicyclic) bond motifs is 1. The topological polar surface area (TPSA) is 36.0 Å². The Balaban J connectivity index is 1.64. The van der Waals surface area contributed by atoms with Crippen LogP contribution in [-0.2, 0) is 6.54 Å². The van der Waals surface area contributed by atoms with E-state index in [9.17, 15) is 4.79 Å². The van der Waals surface area contributed by atoms with E-state index in [1.165, 1.54) is 44.3 Å². The van der Waals surface area contributed by atoms with Crippen LogP contribution < -0.4 is 9.64 Å². The highest BCUT2D eigenvalue weighted by molar-refractivity contribution is 6.06. The van der Waals surface area contributed by atoms with Crippen molar-refractivity contribution in [2.45, 2.75) is 51.1 Å². The zero-order valence-corrected chi connectivity index (χ0v) is 19.6. The highest BCUT2D eigenvalue weighted by atomic mass is 16.5. The van der Waals surface area contributed by atoms with Gasteiger partial charge in [0.15, 0.2) is 0 Å². The summed E-state index contributed by atoms with van der Waals surface area (Å²) >= 11 is 0. The van der Waals surface area contributed by atoms with Crippen LogP contribution in [0.5, 0.6) is 5.75 Å². The van der Waals surface area contributed by atoms with Crippen molar-refractivity contribution in [1.29, 1.82) is 0 Å². The van der Waals surface area contributed by atoms with Crippen LogP contribution in [0.25, 0.3) is 0 Å². The van der Waals surface area contributed by atoms with Crippen molar-refractivity contribution in [3.63, 3.8) is 0 Å². The largest absolute Gasteiger partial charge is 0.497 e. The zero-order valence-electron chi connectivity index (χ0n) is 19.6. The first-order valence-electron chi connectivity index (χ1n) is 12.1. The summed E-state index contributed by atoms with van der Waals surface area (Å²) in [7, 11) is 3.87. The number of likely N-dealkylation sites (tertiary alicyclic amines) is 1. The number of hydrogen-bond donors (Lipinski definition) is 0. The average molecular weight is 436 g/mol. The Labute approximate surface area is 193 Å². The normalized spacial score (nSPS) is 19.8. The minimum atomic E-state index is 0.0569. The van der Waals surface area contributed by atoms with Crippen molar-refractivity contribution in [3.05, 3.63) is 59.7 Å². The quantitative estimate of drug-likeness (QED) is 0.693. The lowest BCUT2D eigenvalue weighted by Crippen LogP contribution is -2.44. The van der Waals surface area contributed by atoms with Crippen molar-refractivity contribution >= 4 is 11.6 Å².